The predicted octanol–water partition coefficient (Wildman–Crippen LogP) is 1.61. The van der Waals surface area contributed by atoms with Crippen molar-refractivity contribution in [2.24, 2.45) is 0 Å². The summed E-state index contributed by atoms with van der Waals surface area (Å²) in [5.74, 6) is 0.588. The van der Waals surface area contributed by atoms with E-state index in [9.17, 15) is 13.2 Å². The van der Waals surface area contributed by atoms with E-state index in [2.05, 4.69) is 15.2 Å². The monoisotopic (exact) mass is 353 g/mol. The molecule has 2 rings (SSSR count). The third-order valence-corrected chi connectivity index (χ3v) is 4.96. The second-order valence-corrected chi connectivity index (χ2v) is 6.78. The average molecular weight is 353 g/mol. The average Bonchev–Trinajstić information content (AvgIpc) is 2.87. The van der Waals surface area contributed by atoms with Crippen LogP contribution in [0.1, 0.15) is 17.9 Å². The fourth-order valence-electron chi connectivity index (χ4n) is 2.13. The van der Waals surface area contributed by atoms with Crippen molar-refractivity contribution in [3.8, 4) is 5.75 Å². The van der Waals surface area contributed by atoms with Crippen molar-refractivity contribution >= 4 is 21.6 Å². The van der Waals surface area contributed by atoms with Crippen LogP contribution in [-0.4, -0.2) is 33.1 Å². The number of methoxy groups -OCH3 is 1. The van der Waals surface area contributed by atoms with Crippen LogP contribution in [0.25, 0.3) is 0 Å². The predicted molar refractivity (Wildman–Crippen MR) is 87.4 cm³/mol. The van der Waals surface area contributed by atoms with E-state index in [1.165, 1.54) is 6.92 Å². The van der Waals surface area contributed by atoms with Crippen LogP contribution in [0.2, 0.25) is 0 Å². The number of aryl methyl sites for hydroxylation is 2. The highest BCUT2D eigenvalue weighted by Crippen LogP contribution is 2.18. The molecule has 0 radical (unpaired) electrons. The summed E-state index contributed by atoms with van der Waals surface area (Å²) in [6, 6.07) is 6.83. The number of nitrogens with zero attached hydrogens (tertiary/aromatic N) is 1. The molecule has 0 unspecified atom stereocenters. The summed E-state index contributed by atoms with van der Waals surface area (Å²) in [4.78, 5) is 11.9. The van der Waals surface area contributed by atoms with Gasteiger partial charge in [-0.25, -0.2) is 13.1 Å². The molecule has 2 aromatic rings. The van der Waals surface area contributed by atoms with Gasteiger partial charge >= 0.3 is 0 Å². The molecule has 0 spiro atoms. The van der Waals surface area contributed by atoms with E-state index in [-0.39, 0.29) is 35.2 Å². The van der Waals surface area contributed by atoms with Crippen LogP contribution >= 0.6 is 0 Å². The summed E-state index contributed by atoms with van der Waals surface area (Å²) in [6.07, 6.45) is -0.00532. The molecule has 0 fully saturated rings. The van der Waals surface area contributed by atoms with Crippen molar-refractivity contribution in [1.82, 2.24) is 9.88 Å². The van der Waals surface area contributed by atoms with Gasteiger partial charge in [0, 0.05) is 18.7 Å². The maximum Gasteiger partial charge on any atom is 0.245 e. The molecule has 24 heavy (non-hydrogen) atoms. The molecule has 8 nitrogen and oxygen atoms in total. The highest BCUT2D eigenvalue weighted by atomic mass is 32.2. The molecule has 0 saturated heterocycles. The van der Waals surface area contributed by atoms with E-state index in [1.807, 2.05) is 0 Å². The number of aromatic nitrogens is 1. The van der Waals surface area contributed by atoms with Crippen molar-refractivity contribution < 1.29 is 22.5 Å². The fourth-order valence-corrected chi connectivity index (χ4v) is 3.48. The lowest BCUT2D eigenvalue weighted by Gasteiger charge is -2.08. The van der Waals surface area contributed by atoms with Crippen LogP contribution in [0.5, 0.6) is 5.75 Å². The van der Waals surface area contributed by atoms with Crippen molar-refractivity contribution in [1.29, 1.82) is 0 Å². The zero-order chi connectivity index (χ0) is 17.7. The van der Waals surface area contributed by atoms with E-state index >= 15 is 0 Å². The third kappa shape index (κ3) is 4.33. The van der Waals surface area contributed by atoms with E-state index < -0.39 is 10.0 Å². The maximum absolute atomic E-state index is 12.2. The Morgan fingerprint density at radius 3 is 2.46 bits per heavy atom. The lowest BCUT2D eigenvalue weighted by molar-refractivity contribution is -0.116. The Hall–Kier alpha value is -2.39. The maximum atomic E-state index is 12.2. The van der Waals surface area contributed by atoms with Gasteiger partial charge < -0.3 is 14.6 Å². The Bertz CT molecular complexity index is 793. The Labute approximate surface area is 140 Å². The second-order valence-electron chi connectivity index (χ2n) is 5.08. The van der Waals surface area contributed by atoms with Crippen molar-refractivity contribution in [2.75, 3.05) is 19.0 Å². The highest BCUT2D eigenvalue weighted by Gasteiger charge is 2.23. The molecule has 1 aromatic heterocycles. The molecule has 1 amide bonds. The van der Waals surface area contributed by atoms with E-state index in [1.54, 1.807) is 38.3 Å². The standard InChI is InChI=1S/C15H19N3O5S/c1-10-15(11(2)23-18-10)24(20,21)16-9-8-14(19)17-12-4-6-13(22-3)7-5-12/h4-7,16H,8-9H2,1-3H3,(H,17,19). The largest absolute Gasteiger partial charge is 0.497 e. The number of benzene rings is 1. The van der Waals surface area contributed by atoms with Gasteiger partial charge in [-0.15, -0.1) is 0 Å². The summed E-state index contributed by atoms with van der Waals surface area (Å²) < 4.78 is 36.6. The zero-order valence-electron chi connectivity index (χ0n) is 13.6. The molecule has 130 valence electrons. The van der Waals surface area contributed by atoms with Gasteiger partial charge in [-0.2, -0.15) is 0 Å². The smallest absolute Gasteiger partial charge is 0.245 e. The normalized spacial score (nSPS) is 11.3. The number of rotatable bonds is 7. The topological polar surface area (TPSA) is 111 Å². The van der Waals surface area contributed by atoms with Crippen LogP contribution in [-0.2, 0) is 14.8 Å². The number of nitrogens with one attached hydrogen (secondary N) is 2. The van der Waals surface area contributed by atoms with E-state index in [0.29, 0.717) is 11.4 Å². The minimum absolute atomic E-state index is 0.00532. The van der Waals surface area contributed by atoms with Gasteiger partial charge in [-0.05, 0) is 38.1 Å². The molecule has 0 aliphatic heterocycles. The Morgan fingerprint density at radius 1 is 1.25 bits per heavy atom. The number of sulfonamides is 1. The molecule has 0 atom stereocenters. The number of carbonyl (C=O) groups is 1. The summed E-state index contributed by atoms with van der Waals surface area (Å²) in [5, 5.41) is 6.29. The first kappa shape index (κ1) is 18.0. The molecule has 0 aliphatic rings. The van der Waals surface area contributed by atoms with E-state index in [0.717, 1.165) is 0 Å². The molecular weight excluding hydrogens is 334 g/mol. The van der Waals surface area contributed by atoms with Gasteiger partial charge in [0.15, 0.2) is 5.76 Å². The Balaban J connectivity index is 1.88. The van der Waals surface area contributed by atoms with Crippen LogP contribution in [0.4, 0.5) is 5.69 Å². The van der Waals surface area contributed by atoms with Crippen molar-refractivity contribution in [3.05, 3.63) is 35.7 Å². The molecule has 1 aromatic carbocycles. The molecular formula is C15H19N3O5S. The van der Waals surface area contributed by atoms with Crippen molar-refractivity contribution in [3.63, 3.8) is 0 Å². The molecule has 2 N–H and O–H groups in total. The van der Waals surface area contributed by atoms with Gasteiger partial charge in [-0.3, -0.25) is 4.79 Å². The molecule has 9 heteroatoms. The number of ether oxygens (including phenoxy) is 1. The number of carbonyl (C=O) groups excluding carboxylic acids is 1. The van der Waals surface area contributed by atoms with Crippen LogP contribution in [0, 0.1) is 13.8 Å². The minimum Gasteiger partial charge on any atom is -0.497 e. The highest BCUT2D eigenvalue weighted by molar-refractivity contribution is 7.89. The van der Waals surface area contributed by atoms with Crippen LogP contribution in [0.15, 0.2) is 33.7 Å². The first-order chi connectivity index (χ1) is 11.3. The molecule has 0 saturated carbocycles. The van der Waals surface area contributed by atoms with Crippen molar-refractivity contribution in [2.45, 2.75) is 25.2 Å². The van der Waals surface area contributed by atoms with Gasteiger partial charge in [0.1, 0.15) is 16.3 Å². The number of hydrogen-bond donors (Lipinski definition) is 2. The fraction of sp³-hybridized carbons (Fsp3) is 0.333. The summed E-state index contributed by atoms with van der Waals surface area (Å²) in [5.41, 5.74) is 0.886. The van der Waals surface area contributed by atoms with Gasteiger partial charge in [0.05, 0.1) is 7.11 Å². The van der Waals surface area contributed by atoms with Crippen LogP contribution < -0.4 is 14.8 Å². The van der Waals surface area contributed by atoms with Gasteiger partial charge in [0.2, 0.25) is 15.9 Å². The van der Waals surface area contributed by atoms with Gasteiger partial charge in [-0.1, -0.05) is 5.16 Å². The molecule has 0 aliphatic carbocycles. The lowest BCUT2D eigenvalue weighted by Crippen LogP contribution is -2.28. The molecule has 0 bridgehead atoms. The minimum atomic E-state index is -3.76. The van der Waals surface area contributed by atoms with E-state index in [4.69, 9.17) is 9.26 Å². The number of hydrogen-bond acceptors (Lipinski definition) is 6. The second kappa shape index (κ2) is 7.45. The first-order valence-electron chi connectivity index (χ1n) is 7.20. The number of amides is 1. The van der Waals surface area contributed by atoms with Crippen LogP contribution in [0.3, 0.4) is 0 Å². The SMILES string of the molecule is COc1ccc(NC(=O)CCNS(=O)(=O)c2c(C)noc2C)cc1. The quantitative estimate of drug-likeness (QED) is 0.782. The number of anilines is 1. The molecule has 1 heterocycles. The Morgan fingerprint density at radius 2 is 1.92 bits per heavy atom. The van der Waals surface area contributed by atoms with Gasteiger partial charge in [0.25, 0.3) is 0 Å². The summed E-state index contributed by atoms with van der Waals surface area (Å²) in [6.45, 7) is 3.03. The summed E-state index contributed by atoms with van der Waals surface area (Å²) in [7, 11) is -2.20. The summed E-state index contributed by atoms with van der Waals surface area (Å²) >= 11 is 0. The zero-order valence-corrected chi connectivity index (χ0v) is 14.4. The Kier molecular flexibility index (Phi) is 5.58. The first-order valence-corrected chi connectivity index (χ1v) is 8.68. The lowest BCUT2D eigenvalue weighted by atomic mass is 10.3. The third-order valence-electron chi connectivity index (χ3n) is 3.25.